The molecule has 1 aliphatic rings. The Morgan fingerprint density at radius 2 is 2.14 bits per heavy atom. The maximum Gasteiger partial charge on any atom is 0.221 e. The fourth-order valence-corrected chi connectivity index (χ4v) is 1.66. The number of nitrogens with two attached hydrogens (primary N) is 1. The molecule has 1 rings (SSSR count). The second-order valence-electron chi connectivity index (χ2n) is 4.29. The highest BCUT2D eigenvalue weighted by atomic mass is 16.1. The third kappa shape index (κ3) is 3.64. The van der Waals surface area contributed by atoms with Crippen LogP contribution in [0.1, 0.15) is 19.8 Å². The van der Waals surface area contributed by atoms with Gasteiger partial charge in [0.25, 0.3) is 0 Å². The lowest BCUT2D eigenvalue weighted by Crippen LogP contribution is -2.43. The number of primary amides is 1. The minimum Gasteiger partial charge on any atom is -0.369 e. The van der Waals surface area contributed by atoms with Crippen molar-refractivity contribution >= 4 is 5.91 Å². The van der Waals surface area contributed by atoms with E-state index in [4.69, 9.17) is 5.73 Å². The van der Waals surface area contributed by atoms with Crippen molar-refractivity contribution in [2.75, 3.05) is 26.7 Å². The molecular weight excluding hydrogens is 178 g/mol. The summed E-state index contributed by atoms with van der Waals surface area (Å²) in [5, 5.41) is 3.40. The summed E-state index contributed by atoms with van der Waals surface area (Å²) in [6, 6.07) is 0.563. The highest BCUT2D eigenvalue weighted by molar-refractivity contribution is 5.76. The molecule has 14 heavy (non-hydrogen) atoms. The summed E-state index contributed by atoms with van der Waals surface area (Å²) >= 11 is 0. The fourth-order valence-electron chi connectivity index (χ4n) is 1.66. The number of nitrogens with one attached hydrogen (secondary N) is 1. The molecule has 0 aromatic heterocycles. The molecule has 4 heteroatoms. The van der Waals surface area contributed by atoms with Crippen LogP contribution in [0, 0.1) is 5.92 Å². The number of carbonyl (C=O) groups excluding carboxylic acids is 1. The lowest BCUT2D eigenvalue weighted by molar-refractivity contribution is -0.121. The van der Waals surface area contributed by atoms with E-state index in [-0.39, 0.29) is 11.8 Å². The topological polar surface area (TPSA) is 58.4 Å². The van der Waals surface area contributed by atoms with E-state index < -0.39 is 0 Å². The van der Waals surface area contributed by atoms with E-state index in [1.165, 1.54) is 12.8 Å². The zero-order chi connectivity index (χ0) is 10.6. The summed E-state index contributed by atoms with van der Waals surface area (Å²) in [5.41, 5.74) is 5.19. The zero-order valence-corrected chi connectivity index (χ0v) is 9.12. The number of rotatable bonds is 4. The molecule has 82 valence electrons. The average molecular weight is 199 g/mol. The van der Waals surface area contributed by atoms with Gasteiger partial charge in [-0.05, 0) is 33.0 Å². The van der Waals surface area contributed by atoms with Crippen LogP contribution in [0.25, 0.3) is 0 Å². The Bertz CT molecular complexity index is 188. The van der Waals surface area contributed by atoms with Crippen molar-refractivity contribution in [1.82, 2.24) is 10.2 Å². The number of hydrogen-bond donors (Lipinski definition) is 2. The molecule has 0 radical (unpaired) electrons. The summed E-state index contributed by atoms with van der Waals surface area (Å²) in [5.74, 6) is -0.278. The quantitative estimate of drug-likeness (QED) is 0.659. The van der Waals surface area contributed by atoms with Crippen LogP contribution >= 0.6 is 0 Å². The van der Waals surface area contributed by atoms with E-state index in [1.54, 1.807) is 0 Å². The molecule has 0 saturated carbocycles. The molecule has 1 atom stereocenters. The smallest absolute Gasteiger partial charge is 0.221 e. The number of piperidine rings is 1. The lowest BCUT2D eigenvalue weighted by atomic mass is 10.0. The van der Waals surface area contributed by atoms with Crippen LogP contribution in [0.5, 0.6) is 0 Å². The Morgan fingerprint density at radius 1 is 1.57 bits per heavy atom. The summed E-state index contributed by atoms with van der Waals surface area (Å²) in [6.45, 7) is 4.86. The first-order chi connectivity index (χ1) is 6.59. The first kappa shape index (κ1) is 11.5. The zero-order valence-electron chi connectivity index (χ0n) is 9.12. The molecule has 1 fully saturated rings. The third-order valence-electron chi connectivity index (χ3n) is 2.92. The van der Waals surface area contributed by atoms with Gasteiger partial charge in [-0.3, -0.25) is 4.79 Å². The van der Waals surface area contributed by atoms with Gasteiger partial charge in [0.1, 0.15) is 0 Å². The van der Waals surface area contributed by atoms with Gasteiger partial charge >= 0.3 is 0 Å². The molecule has 0 aliphatic carbocycles. The summed E-state index contributed by atoms with van der Waals surface area (Å²) in [7, 11) is 2.14. The van der Waals surface area contributed by atoms with Crippen LogP contribution < -0.4 is 11.1 Å². The van der Waals surface area contributed by atoms with Crippen molar-refractivity contribution in [2.24, 2.45) is 11.7 Å². The van der Waals surface area contributed by atoms with Gasteiger partial charge in [0.15, 0.2) is 0 Å². The van der Waals surface area contributed by atoms with Crippen molar-refractivity contribution in [1.29, 1.82) is 0 Å². The van der Waals surface area contributed by atoms with Crippen molar-refractivity contribution in [2.45, 2.75) is 25.8 Å². The molecule has 3 N–H and O–H groups in total. The Labute approximate surface area is 85.8 Å². The molecular formula is C10H21N3O. The van der Waals surface area contributed by atoms with E-state index in [0.717, 1.165) is 13.1 Å². The fraction of sp³-hybridized carbons (Fsp3) is 0.900. The minimum atomic E-state index is -0.217. The largest absolute Gasteiger partial charge is 0.369 e. The van der Waals surface area contributed by atoms with Crippen LogP contribution in [0.3, 0.4) is 0 Å². The molecule has 1 heterocycles. The van der Waals surface area contributed by atoms with Gasteiger partial charge in [0.2, 0.25) is 5.91 Å². The van der Waals surface area contributed by atoms with E-state index >= 15 is 0 Å². The Kier molecular flexibility index (Phi) is 4.35. The predicted octanol–water partition coefficient (Wildman–Crippen LogP) is -0.208. The van der Waals surface area contributed by atoms with Gasteiger partial charge < -0.3 is 16.0 Å². The van der Waals surface area contributed by atoms with Gasteiger partial charge in [-0.25, -0.2) is 0 Å². The Morgan fingerprint density at radius 3 is 2.64 bits per heavy atom. The Hall–Kier alpha value is -0.610. The molecule has 1 unspecified atom stereocenters. The van der Waals surface area contributed by atoms with E-state index in [2.05, 4.69) is 17.3 Å². The summed E-state index contributed by atoms with van der Waals surface area (Å²) in [4.78, 5) is 13.1. The standard InChI is InChI=1S/C10H21N3O/c1-8(10(11)14)7-12-9-3-5-13(2)6-4-9/h8-9,12H,3-7H2,1-2H3,(H2,11,14). The van der Waals surface area contributed by atoms with E-state index in [9.17, 15) is 4.79 Å². The van der Waals surface area contributed by atoms with Crippen LogP contribution in [0.2, 0.25) is 0 Å². The van der Waals surface area contributed by atoms with E-state index in [0.29, 0.717) is 12.6 Å². The first-order valence-electron chi connectivity index (χ1n) is 5.31. The third-order valence-corrected chi connectivity index (χ3v) is 2.92. The number of nitrogens with zero attached hydrogens (tertiary/aromatic N) is 1. The normalized spacial score (nSPS) is 22.1. The molecule has 0 bridgehead atoms. The van der Waals surface area contributed by atoms with Crippen molar-refractivity contribution in [3.8, 4) is 0 Å². The second-order valence-corrected chi connectivity index (χ2v) is 4.29. The molecule has 1 aliphatic heterocycles. The van der Waals surface area contributed by atoms with Crippen LogP contribution in [0.15, 0.2) is 0 Å². The SMILES string of the molecule is CC(CNC1CCN(C)CC1)C(N)=O. The van der Waals surface area contributed by atoms with Crippen LogP contribution in [-0.4, -0.2) is 43.5 Å². The minimum absolute atomic E-state index is 0.0605. The lowest BCUT2D eigenvalue weighted by Gasteiger charge is -2.30. The summed E-state index contributed by atoms with van der Waals surface area (Å²) in [6.07, 6.45) is 2.34. The Balaban J connectivity index is 2.16. The van der Waals surface area contributed by atoms with Crippen molar-refractivity contribution in [3.05, 3.63) is 0 Å². The maximum absolute atomic E-state index is 10.8. The molecule has 4 nitrogen and oxygen atoms in total. The van der Waals surface area contributed by atoms with Crippen molar-refractivity contribution in [3.63, 3.8) is 0 Å². The second kappa shape index (κ2) is 5.32. The van der Waals surface area contributed by atoms with Crippen LogP contribution in [-0.2, 0) is 4.79 Å². The molecule has 1 saturated heterocycles. The molecule has 1 amide bonds. The number of amides is 1. The predicted molar refractivity (Wildman–Crippen MR) is 56.9 cm³/mol. The van der Waals surface area contributed by atoms with Gasteiger partial charge in [0, 0.05) is 18.5 Å². The number of carbonyl (C=O) groups is 1. The number of hydrogen-bond acceptors (Lipinski definition) is 3. The maximum atomic E-state index is 10.8. The average Bonchev–Trinajstić information content (AvgIpc) is 2.16. The van der Waals surface area contributed by atoms with Gasteiger partial charge in [-0.2, -0.15) is 0 Å². The molecule has 0 aromatic rings. The van der Waals surface area contributed by atoms with Crippen molar-refractivity contribution < 1.29 is 4.79 Å². The van der Waals surface area contributed by atoms with Crippen LogP contribution in [0.4, 0.5) is 0 Å². The summed E-state index contributed by atoms with van der Waals surface area (Å²) < 4.78 is 0. The molecule has 0 aromatic carbocycles. The van der Waals surface area contributed by atoms with Gasteiger partial charge in [-0.15, -0.1) is 0 Å². The highest BCUT2D eigenvalue weighted by Crippen LogP contribution is 2.08. The molecule has 0 spiro atoms. The van der Waals surface area contributed by atoms with Gasteiger partial charge in [-0.1, -0.05) is 6.92 Å². The monoisotopic (exact) mass is 199 g/mol. The highest BCUT2D eigenvalue weighted by Gasteiger charge is 2.17. The van der Waals surface area contributed by atoms with Gasteiger partial charge in [0.05, 0.1) is 0 Å². The number of likely N-dealkylation sites (tertiary alicyclic amines) is 1. The first-order valence-corrected chi connectivity index (χ1v) is 5.31. The van der Waals surface area contributed by atoms with E-state index in [1.807, 2.05) is 6.92 Å².